The summed E-state index contributed by atoms with van der Waals surface area (Å²) in [5.41, 5.74) is 5.17. The first-order valence-corrected chi connectivity index (χ1v) is 12.6. The summed E-state index contributed by atoms with van der Waals surface area (Å²) in [5, 5.41) is 3.38. The maximum atomic E-state index is 12.3. The Morgan fingerprint density at radius 3 is 2.65 bits per heavy atom. The normalized spacial score (nSPS) is 41.4. The number of aromatic nitrogens is 1. The number of fused-ring (bicyclic) bond motifs is 5. The molecule has 6 unspecified atom stereocenters. The van der Waals surface area contributed by atoms with Crippen LogP contribution in [-0.2, 0) is 4.79 Å². The fourth-order valence-electron chi connectivity index (χ4n) is 7.99. The van der Waals surface area contributed by atoms with E-state index < -0.39 is 0 Å². The van der Waals surface area contributed by atoms with E-state index in [1.165, 1.54) is 37.7 Å². The van der Waals surface area contributed by atoms with Crippen LogP contribution in [0.2, 0.25) is 0 Å². The molecule has 0 radical (unpaired) electrons. The quantitative estimate of drug-likeness (QED) is 0.620. The second kappa shape index (κ2) is 7.05. The van der Waals surface area contributed by atoms with Gasteiger partial charge in [-0.05, 0) is 104 Å². The number of amides is 1. The Bertz CT molecular complexity index is 945. The molecule has 0 aromatic carbocycles. The van der Waals surface area contributed by atoms with Crippen molar-refractivity contribution in [2.24, 2.45) is 34.5 Å². The molecule has 3 heteroatoms. The van der Waals surface area contributed by atoms with Gasteiger partial charge in [-0.3, -0.25) is 9.78 Å². The van der Waals surface area contributed by atoms with Gasteiger partial charge in [-0.1, -0.05) is 37.6 Å². The topological polar surface area (TPSA) is 42.0 Å². The number of hydrogen-bond donors (Lipinski definition) is 1. The zero-order chi connectivity index (χ0) is 21.2. The highest BCUT2D eigenvalue weighted by Gasteiger charge is 2.56. The van der Waals surface area contributed by atoms with Crippen LogP contribution in [0, 0.1) is 34.5 Å². The highest BCUT2D eigenvalue weighted by atomic mass is 16.2. The lowest BCUT2D eigenvalue weighted by Gasteiger charge is -2.58. The number of allylic oxidation sites excluding steroid dienone is 3. The number of hydrogen-bond acceptors (Lipinski definition) is 2. The van der Waals surface area contributed by atoms with E-state index in [0.29, 0.717) is 28.7 Å². The van der Waals surface area contributed by atoms with E-state index in [1.807, 2.05) is 6.20 Å². The first kappa shape index (κ1) is 19.8. The monoisotopic (exact) mass is 416 g/mol. The molecule has 3 fully saturated rings. The minimum absolute atomic E-state index is 0.293. The first-order valence-electron chi connectivity index (χ1n) is 12.6. The summed E-state index contributed by atoms with van der Waals surface area (Å²) in [4.78, 5) is 16.7. The Morgan fingerprint density at radius 1 is 1.03 bits per heavy atom. The van der Waals surface area contributed by atoms with Crippen LogP contribution in [0.25, 0.3) is 5.57 Å². The molecule has 3 saturated carbocycles. The number of carbonyl (C=O) groups is 1. The zero-order valence-corrected chi connectivity index (χ0v) is 19.1. The molecule has 3 nitrogen and oxygen atoms in total. The largest absolute Gasteiger partial charge is 0.353 e. The van der Waals surface area contributed by atoms with Crippen LogP contribution < -0.4 is 5.32 Å². The fourth-order valence-corrected chi connectivity index (χ4v) is 7.99. The van der Waals surface area contributed by atoms with Gasteiger partial charge in [0.25, 0.3) is 0 Å². The third-order valence-corrected chi connectivity index (χ3v) is 9.95. The minimum Gasteiger partial charge on any atom is -0.353 e. The van der Waals surface area contributed by atoms with Crippen molar-refractivity contribution in [3.8, 4) is 0 Å². The van der Waals surface area contributed by atoms with E-state index >= 15 is 0 Å². The van der Waals surface area contributed by atoms with Gasteiger partial charge in [0.1, 0.15) is 0 Å². The fraction of sp³-hybridized carbons (Fsp3) is 0.643. The Kier molecular flexibility index (Phi) is 4.49. The molecule has 6 rings (SSSR count). The Morgan fingerprint density at radius 2 is 1.87 bits per heavy atom. The van der Waals surface area contributed by atoms with Crippen molar-refractivity contribution >= 4 is 11.5 Å². The summed E-state index contributed by atoms with van der Waals surface area (Å²) in [6, 6.07) is 4.69. The van der Waals surface area contributed by atoms with Crippen molar-refractivity contribution in [1.82, 2.24) is 10.3 Å². The number of rotatable bonds is 3. The second-order valence-corrected chi connectivity index (χ2v) is 11.5. The predicted molar refractivity (Wildman–Crippen MR) is 124 cm³/mol. The SMILES string of the molecule is CC12CCC(NC(=O)C3CC3)CC1=CCC1C2CCC2(C)C(c3cccnc3)=CCC12. The minimum atomic E-state index is 0.293. The van der Waals surface area contributed by atoms with Gasteiger partial charge in [0.05, 0.1) is 0 Å². The van der Waals surface area contributed by atoms with E-state index in [-0.39, 0.29) is 0 Å². The molecule has 0 spiro atoms. The van der Waals surface area contributed by atoms with Crippen molar-refractivity contribution in [2.45, 2.75) is 77.7 Å². The molecule has 31 heavy (non-hydrogen) atoms. The van der Waals surface area contributed by atoms with Crippen LogP contribution in [-0.4, -0.2) is 16.9 Å². The van der Waals surface area contributed by atoms with Gasteiger partial charge in [-0.25, -0.2) is 0 Å². The zero-order valence-electron chi connectivity index (χ0n) is 19.1. The third-order valence-electron chi connectivity index (χ3n) is 9.95. The lowest BCUT2D eigenvalue weighted by Crippen LogP contribution is -2.51. The lowest BCUT2D eigenvalue weighted by atomic mass is 9.47. The molecule has 164 valence electrons. The first-order chi connectivity index (χ1) is 15.0. The Hall–Kier alpha value is -1.90. The Balaban J connectivity index is 1.23. The maximum absolute atomic E-state index is 12.3. The number of carbonyl (C=O) groups excluding carboxylic acids is 1. The standard InChI is InChI=1S/C28H36N2O/c1-27-13-11-21(30-26(31)18-5-6-18)16-20(27)7-8-22-24-10-9-23(19-4-3-15-29-17-19)28(24,2)14-12-25(22)27/h3-4,7,9,15,17-18,21-22,24-25H,5-6,8,10-14,16H2,1-2H3,(H,30,31). The van der Waals surface area contributed by atoms with E-state index in [9.17, 15) is 4.79 Å². The van der Waals surface area contributed by atoms with Gasteiger partial charge in [0.2, 0.25) is 5.91 Å². The van der Waals surface area contributed by atoms with Crippen LogP contribution in [0.5, 0.6) is 0 Å². The molecule has 6 atom stereocenters. The van der Waals surface area contributed by atoms with Crippen LogP contribution >= 0.6 is 0 Å². The summed E-state index contributed by atoms with van der Waals surface area (Å²) in [7, 11) is 0. The number of nitrogens with zero attached hydrogens (tertiary/aromatic N) is 1. The van der Waals surface area contributed by atoms with Crippen molar-refractivity contribution in [2.75, 3.05) is 0 Å². The molecular weight excluding hydrogens is 380 g/mol. The summed E-state index contributed by atoms with van der Waals surface area (Å²) in [6.45, 7) is 5.09. The average Bonchev–Trinajstić information content (AvgIpc) is 3.56. The van der Waals surface area contributed by atoms with Crippen molar-refractivity contribution < 1.29 is 4.79 Å². The van der Waals surface area contributed by atoms with E-state index in [1.54, 1.807) is 11.1 Å². The van der Waals surface area contributed by atoms with Crippen molar-refractivity contribution in [1.29, 1.82) is 0 Å². The van der Waals surface area contributed by atoms with Gasteiger partial charge in [0, 0.05) is 24.4 Å². The van der Waals surface area contributed by atoms with Gasteiger partial charge >= 0.3 is 0 Å². The molecule has 0 bridgehead atoms. The summed E-state index contributed by atoms with van der Waals surface area (Å²) in [5.74, 6) is 2.97. The van der Waals surface area contributed by atoms with E-state index in [0.717, 1.165) is 43.4 Å². The van der Waals surface area contributed by atoms with Crippen LogP contribution in [0.3, 0.4) is 0 Å². The molecule has 5 aliphatic carbocycles. The van der Waals surface area contributed by atoms with E-state index in [2.05, 4.69) is 54.6 Å². The van der Waals surface area contributed by atoms with Gasteiger partial charge in [0.15, 0.2) is 0 Å². The van der Waals surface area contributed by atoms with Crippen molar-refractivity contribution in [3.05, 3.63) is 47.8 Å². The smallest absolute Gasteiger partial charge is 0.223 e. The molecule has 1 aromatic rings. The van der Waals surface area contributed by atoms with E-state index in [4.69, 9.17) is 0 Å². The number of pyridine rings is 1. The highest BCUT2D eigenvalue weighted by molar-refractivity contribution is 5.81. The van der Waals surface area contributed by atoms with Gasteiger partial charge < -0.3 is 5.32 Å². The van der Waals surface area contributed by atoms with Crippen LogP contribution in [0.4, 0.5) is 0 Å². The Labute approximate surface area is 186 Å². The molecular formula is C28H36N2O. The summed E-state index contributed by atoms with van der Waals surface area (Å²) in [6.07, 6.45) is 19.8. The molecule has 5 aliphatic rings. The van der Waals surface area contributed by atoms with Gasteiger partial charge in [-0.15, -0.1) is 0 Å². The predicted octanol–water partition coefficient (Wildman–Crippen LogP) is 5.93. The highest BCUT2D eigenvalue weighted by Crippen LogP contribution is 2.66. The van der Waals surface area contributed by atoms with Gasteiger partial charge in [-0.2, -0.15) is 0 Å². The van der Waals surface area contributed by atoms with Crippen LogP contribution in [0.15, 0.2) is 42.3 Å². The molecule has 1 N–H and O–H groups in total. The lowest BCUT2D eigenvalue weighted by molar-refractivity contribution is -0.123. The maximum Gasteiger partial charge on any atom is 0.223 e. The molecule has 0 aliphatic heterocycles. The summed E-state index contributed by atoms with van der Waals surface area (Å²) >= 11 is 0. The summed E-state index contributed by atoms with van der Waals surface area (Å²) < 4.78 is 0. The van der Waals surface area contributed by atoms with Crippen molar-refractivity contribution in [3.63, 3.8) is 0 Å². The third kappa shape index (κ3) is 3.06. The molecule has 1 amide bonds. The molecule has 0 saturated heterocycles. The molecule has 1 heterocycles. The van der Waals surface area contributed by atoms with Crippen LogP contribution in [0.1, 0.15) is 77.2 Å². The average molecular weight is 417 g/mol. The molecule has 1 aromatic heterocycles. The number of nitrogens with one attached hydrogen (secondary N) is 1. The second-order valence-electron chi connectivity index (χ2n) is 11.5.